The van der Waals surface area contributed by atoms with Crippen molar-refractivity contribution in [3.8, 4) is 0 Å². The van der Waals surface area contributed by atoms with Crippen LogP contribution in [0, 0.1) is 5.82 Å². The molecule has 2 rings (SSSR count). The molecule has 1 fully saturated rings. The fourth-order valence-corrected chi connectivity index (χ4v) is 2.31. The van der Waals surface area contributed by atoms with Crippen molar-refractivity contribution in [3.63, 3.8) is 0 Å². The molecule has 2 N–H and O–H groups in total. The molecule has 1 aliphatic rings. The summed E-state index contributed by atoms with van der Waals surface area (Å²) in [5, 5.41) is 0. The Labute approximate surface area is 96.2 Å². The number of hydrogen-bond donors (Lipinski definition) is 1. The van der Waals surface area contributed by atoms with Crippen molar-refractivity contribution in [1.29, 1.82) is 0 Å². The summed E-state index contributed by atoms with van der Waals surface area (Å²) in [5.74, 6) is -0.167. The smallest absolute Gasteiger partial charge is 0.123 e. The van der Waals surface area contributed by atoms with E-state index in [0.29, 0.717) is 12.1 Å². The van der Waals surface area contributed by atoms with Gasteiger partial charge in [0.25, 0.3) is 0 Å². The largest absolute Gasteiger partial charge is 0.326 e. The van der Waals surface area contributed by atoms with E-state index < -0.39 is 0 Å². The summed E-state index contributed by atoms with van der Waals surface area (Å²) in [7, 11) is 0. The van der Waals surface area contributed by atoms with Gasteiger partial charge >= 0.3 is 0 Å². The Morgan fingerprint density at radius 2 is 2.12 bits per heavy atom. The molecule has 0 saturated carbocycles. The van der Waals surface area contributed by atoms with E-state index in [4.69, 9.17) is 5.73 Å². The molecule has 1 saturated heterocycles. The van der Waals surface area contributed by atoms with Crippen molar-refractivity contribution in [2.75, 3.05) is 13.1 Å². The summed E-state index contributed by atoms with van der Waals surface area (Å²) in [6.07, 6.45) is 2.06. The minimum atomic E-state index is -0.167. The van der Waals surface area contributed by atoms with Gasteiger partial charge in [0, 0.05) is 25.2 Å². The third-order valence-corrected chi connectivity index (χ3v) is 3.32. The van der Waals surface area contributed by atoms with Crippen LogP contribution in [0.4, 0.5) is 4.39 Å². The Hall–Kier alpha value is -0.930. The molecule has 2 nitrogen and oxygen atoms in total. The lowest BCUT2D eigenvalue weighted by Crippen LogP contribution is -2.34. The lowest BCUT2D eigenvalue weighted by Gasteiger charge is -2.24. The van der Waals surface area contributed by atoms with Gasteiger partial charge in [-0.05, 0) is 37.5 Å². The number of halogens is 1. The van der Waals surface area contributed by atoms with Gasteiger partial charge in [0.15, 0.2) is 0 Å². The number of hydrogen-bond acceptors (Lipinski definition) is 2. The third kappa shape index (κ3) is 2.80. The van der Waals surface area contributed by atoms with Crippen molar-refractivity contribution in [2.24, 2.45) is 5.73 Å². The SMILES string of the molecule is CC(Cc1ccc(F)cc1)N1CCC(N)C1. The van der Waals surface area contributed by atoms with Gasteiger partial charge in [-0.15, -0.1) is 0 Å². The monoisotopic (exact) mass is 222 g/mol. The Morgan fingerprint density at radius 1 is 1.44 bits per heavy atom. The van der Waals surface area contributed by atoms with E-state index in [9.17, 15) is 4.39 Å². The zero-order valence-electron chi connectivity index (χ0n) is 9.70. The zero-order valence-corrected chi connectivity index (χ0v) is 9.70. The summed E-state index contributed by atoms with van der Waals surface area (Å²) in [6.45, 7) is 4.29. The lowest BCUT2D eigenvalue weighted by molar-refractivity contribution is 0.254. The molecule has 0 radical (unpaired) electrons. The second-order valence-electron chi connectivity index (χ2n) is 4.72. The number of benzene rings is 1. The molecule has 1 heterocycles. The molecule has 2 unspecified atom stereocenters. The highest BCUT2D eigenvalue weighted by atomic mass is 19.1. The highest BCUT2D eigenvalue weighted by Gasteiger charge is 2.23. The Balaban J connectivity index is 1.91. The van der Waals surface area contributed by atoms with Crippen LogP contribution in [0.15, 0.2) is 24.3 Å². The average Bonchev–Trinajstić information content (AvgIpc) is 2.68. The molecular weight excluding hydrogens is 203 g/mol. The fourth-order valence-electron chi connectivity index (χ4n) is 2.31. The molecule has 0 amide bonds. The minimum absolute atomic E-state index is 0.167. The molecule has 0 spiro atoms. The first-order chi connectivity index (χ1) is 7.65. The van der Waals surface area contributed by atoms with Crippen LogP contribution in [0.3, 0.4) is 0 Å². The second kappa shape index (κ2) is 4.93. The van der Waals surface area contributed by atoms with Crippen molar-refractivity contribution in [3.05, 3.63) is 35.6 Å². The van der Waals surface area contributed by atoms with E-state index in [1.807, 2.05) is 12.1 Å². The molecule has 1 aliphatic heterocycles. The minimum Gasteiger partial charge on any atom is -0.326 e. The zero-order chi connectivity index (χ0) is 11.5. The van der Waals surface area contributed by atoms with E-state index in [1.54, 1.807) is 0 Å². The van der Waals surface area contributed by atoms with Crippen LogP contribution in [0.1, 0.15) is 18.9 Å². The van der Waals surface area contributed by atoms with Gasteiger partial charge in [0.1, 0.15) is 5.82 Å². The first kappa shape index (κ1) is 11.6. The van der Waals surface area contributed by atoms with Crippen LogP contribution < -0.4 is 5.73 Å². The maximum atomic E-state index is 12.7. The fraction of sp³-hybridized carbons (Fsp3) is 0.538. The summed E-state index contributed by atoms with van der Waals surface area (Å²) in [4.78, 5) is 2.41. The third-order valence-electron chi connectivity index (χ3n) is 3.32. The summed E-state index contributed by atoms with van der Waals surface area (Å²) in [5.41, 5.74) is 7.07. The molecule has 0 aromatic heterocycles. The molecule has 3 heteroatoms. The van der Waals surface area contributed by atoms with E-state index in [1.165, 1.54) is 17.7 Å². The summed E-state index contributed by atoms with van der Waals surface area (Å²) >= 11 is 0. The van der Waals surface area contributed by atoms with E-state index in [0.717, 1.165) is 25.9 Å². The van der Waals surface area contributed by atoms with Crippen LogP contribution in [-0.4, -0.2) is 30.1 Å². The van der Waals surface area contributed by atoms with Crippen molar-refractivity contribution >= 4 is 0 Å². The Morgan fingerprint density at radius 3 is 2.69 bits per heavy atom. The maximum Gasteiger partial charge on any atom is 0.123 e. The Bertz CT molecular complexity index is 336. The van der Waals surface area contributed by atoms with E-state index in [-0.39, 0.29) is 5.82 Å². The number of likely N-dealkylation sites (tertiary alicyclic amines) is 1. The molecule has 16 heavy (non-hydrogen) atoms. The number of nitrogens with zero attached hydrogens (tertiary/aromatic N) is 1. The maximum absolute atomic E-state index is 12.7. The summed E-state index contributed by atoms with van der Waals surface area (Å²) in [6, 6.07) is 7.59. The van der Waals surface area contributed by atoms with Gasteiger partial charge in [-0.1, -0.05) is 12.1 Å². The quantitative estimate of drug-likeness (QED) is 0.845. The molecule has 1 aromatic carbocycles. The van der Waals surface area contributed by atoms with Crippen molar-refractivity contribution < 1.29 is 4.39 Å². The van der Waals surface area contributed by atoms with Gasteiger partial charge in [-0.2, -0.15) is 0 Å². The van der Waals surface area contributed by atoms with Crippen molar-refractivity contribution in [2.45, 2.75) is 31.8 Å². The molecular formula is C13H19FN2. The van der Waals surface area contributed by atoms with Crippen LogP contribution in [-0.2, 0) is 6.42 Å². The summed E-state index contributed by atoms with van der Waals surface area (Å²) < 4.78 is 12.7. The first-order valence-corrected chi connectivity index (χ1v) is 5.89. The molecule has 0 bridgehead atoms. The van der Waals surface area contributed by atoms with Gasteiger partial charge in [-0.25, -0.2) is 4.39 Å². The normalized spacial score (nSPS) is 23.6. The predicted octanol–water partition coefficient (Wildman–Crippen LogP) is 1.79. The topological polar surface area (TPSA) is 29.3 Å². The number of rotatable bonds is 3. The number of nitrogens with two attached hydrogens (primary N) is 1. The Kier molecular flexibility index (Phi) is 3.56. The van der Waals surface area contributed by atoms with Gasteiger partial charge in [-0.3, -0.25) is 4.90 Å². The molecule has 2 atom stereocenters. The van der Waals surface area contributed by atoms with Gasteiger partial charge in [0.05, 0.1) is 0 Å². The van der Waals surface area contributed by atoms with Crippen LogP contribution >= 0.6 is 0 Å². The molecule has 88 valence electrons. The predicted molar refractivity (Wildman–Crippen MR) is 63.7 cm³/mol. The van der Waals surface area contributed by atoms with Crippen molar-refractivity contribution in [1.82, 2.24) is 4.90 Å². The lowest BCUT2D eigenvalue weighted by atomic mass is 10.1. The molecule has 0 aliphatic carbocycles. The first-order valence-electron chi connectivity index (χ1n) is 5.89. The van der Waals surface area contributed by atoms with Gasteiger partial charge < -0.3 is 5.73 Å². The highest BCUT2D eigenvalue weighted by Crippen LogP contribution is 2.15. The average molecular weight is 222 g/mol. The van der Waals surface area contributed by atoms with Crippen LogP contribution in [0.25, 0.3) is 0 Å². The standard InChI is InChI=1S/C13H19FN2/c1-10(16-7-6-13(15)9-16)8-11-2-4-12(14)5-3-11/h2-5,10,13H,6-9,15H2,1H3. The van der Waals surface area contributed by atoms with Gasteiger partial charge in [0.2, 0.25) is 0 Å². The molecule has 1 aromatic rings. The van der Waals surface area contributed by atoms with E-state index >= 15 is 0 Å². The van der Waals surface area contributed by atoms with Crippen LogP contribution in [0.5, 0.6) is 0 Å². The van der Waals surface area contributed by atoms with E-state index in [2.05, 4.69) is 11.8 Å². The highest BCUT2D eigenvalue weighted by molar-refractivity contribution is 5.17. The van der Waals surface area contributed by atoms with Crippen LogP contribution in [0.2, 0.25) is 0 Å². The second-order valence-corrected chi connectivity index (χ2v) is 4.72.